The van der Waals surface area contributed by atoms with Crippen LogP contribution >= 0.6 is 11.3 Å². The fraction of sp³-hybridized carbons (Fsp3) is 0.517. The lowest BCUT2D eigenvalue weighted by Crippen LogP contribution is -2.65. The fourth-order valence-corrected chi connectivity index (χ4v) is 6.82. The average molecular weight is 492 g/mol. The number of thiophene rings is 1. The summed E-state index contributed by atoms with van der Waals surface area (Å²) in [5, 5.41) is 3.38. The van der Waals surface area contributed by atoms with E-state index in [0.29, 0.717) is 18.8 Å². The Hall–Kier alpha value is -2.60. The van der Waals surface area contributed by atoms with E-state index in [0.717, 1.165) is 42.3 Å². The third kappa shape index (κ3) is 4.53. The molecule has 0 radical (unpaired) electrons. The summed E-state index contributed by atoms with van der Waals surface area (Å²) in [6, 6.07) is 14.7. The van der Waals surface area contributed by atoms with Crippen molar-refractivity contribution in [2.45, 2.75) is 89.8 Å². The van der Waals surface area contributed by atoms with Crippen LogP contribution in [0.15, 0.2) is 42.5 Å². The molecule has 3 aromatic rings. The maximum absolute atomic E-state index is 14.0. The van der Waals surface area contributed by atoms with Crippen LogP contribution in [0.25, 0.3) is 10.2 Å². The molecule has 1 N–H and O–H groups in total. The number of fused-ring (bicyclic) bond motifs is 3. The molecule has 35 heavy (non-hydrogen) atoms. The monoisotopic (exact) mass is 491 g/mol. The molecule has 0 spiro atoms. The van der Waals surface area contributed by atoms with E-state index in [1.807, 2.05) is 36.1 Å². The highest BCUT2D eigenvalue weighted by Crippen LogP contribution is 2.37. The predicted octanol–water partition coefficient (Wildman–Crippen LogP) is 6.12. The number of aryl methyl sites for hydroxylation is 1. The molecule has 2 atom stereocenters. The van der Waals surface area contributed by atoms with Crippen molar-refractivity contribution in [3.05, 3.63) is 58.6 Å². The summed E-state index contributed by atoms with van der Waals surface area (Å²) in [5.74, 6) is 0.0648. The first-order chi connectivity index (χ1) is 16.9. The maximum atomic E-state index is 14.0. The van der Waals surface area contributed by atoms with E-state index in [2.05, 4.69) is 41.9 Å². The molecule has 1 saturated carbocycles. The Bertz CT molecular complexity index is 1210. The Morgan fingerprint density at radius 3 is 2.54 bits per heavy atom. The summed E-state index contributed by atoms with van der Waals surface area (Å²) in [4.78, 5) is 31.2. The van der Waals surface area contributed by atoms with E-state index in [9.17, 15) is 9.59 Å². The van der Waals surface area contributed by atoms with Gasteiger partial charge < -0.3 is 14.8 Å². The van der Waals surface area contributed by atoms with Crippen LogP contribution in [-0.4, -0.2) is 39.4 Å². The number of nitrogens with one attached hydrogen (secondary N) is 1. The van der Waals surface area contributed by atoms with Gasteiger partial charge in [-0.3, -0.25) is 9.59 Å². The summed E-state index contributed by atoms with van der Waals surface area (Å²) < 4.78 is 3.23. The van der Waals surface area contributed by atoms with Crippen LogP contribution in [0, 0.1) is 0 Å². The smallest absolute Gasteiger partial charge is 0.271 e. The Morgan fingerprint density at radius 2 is 1.86 bits per heavy atom. The zero-order valence-corrected chi connectivity index (χ0v) is 22.0. The molecule has 2 aliphatic rings. The number of nitrogens with zero attached hydrogens (tertiary/aromatic N) is 2. The van der Waals surface area contributed by atoms with Gasteiger partial charge in [0.1, 0.15) is 11.2 Å². The van der Waals surface area contributed by atoms with Crippen molar-refractivity contribution in [1.29, 1.82) is 0 Å². The predicted molar refractivity (Wildman–Crippen MR) is 143 cm³/mol. The van der Waals surface area contributed by atoms with Crippen molar-refractivity contribution < 1.29 is 9.59 Å². The number of carbonyl (C=O) groups excluding carboxylic acids is 2. The minimum Gasteiger partial charge on any atom is -0.351 e. The van der Waals surface area contributed by atoms with Crippen LogP contribution < -0.4 is 5.32 Å². The first-order valence-corrected chi connectivity index (χ1v) is 14.0. The molecule has 6 heteroatoms. The van der Waals surface area contributed by atoms with Gasteiger partial charge in [0.15, 0.2) is 0 Å². The largest absolute Gasteiger partial charge is 0.351 e. The second-order valence-electron chi connectivity index (χ2n) is 10.6. The van der Waals surface area contributed by atoms with Gasteiger partial charge in [-0.15, -0.1) is 11.3 Å². The Kier molecular flexibility index (Phi) is 6.75. The normalized spacial score (nSPS) is 22.1. The highest BCUT2D eigenvalue weighted by Gasteiger charge is 2.48. The van der Waals surface area contributed by atoms with Crippen molar-refractivity contribution in [2.24, 2.45) is 0 Å². The second-order valence-corrected chi connectivity index (χ2v) is 11.8. The molecular formula is C29H37N3O2S. The van der Waals surface area contributed by atoms with Crippen LogP contribution in [-0.2, 0) is 17.8 Å². The lowest BCUT2D eigenvalue weighted by Gasteiger charge is -2.45. The average Bonchev–Trinajstić information content (AvgIpc) is 3.31. The zero-order valence-electron chi connectivity index (χ0n) is 21.2. The van der Waals surface area contributed by atoms with Crippen LogP contribution in [0.5, 0.6) is 0 Å². The second kappa shape index (κ2) is 9.81. The molecular weight excluding hydrogens is 454 g/mol. The molecule has 2 amide bonds. The third-order valence-corrected chi connectivity index (χ3v) is 9.24. The minimum absolute atomic E-state index is 0.0172. The van der Waals surface area contributed by atoms with Crippen molar-refractivity contribution in [3.8, 4) is 0 Å². The van der Waals surface area contributed by atoms with E-state index in [1.54, 1.807) is 11.3 Å². The molecule has 186 valence electrons. The highest BCUT2D eigenvalue weighted by molar-refractivity contribution is 7.19. The number of benzene rings is 1. The summed E-state index contributed by atoms with van der Waals surface area (Å²) >= 11 is 1.75. The summed E-state index contributed by atoms with van der Waals surface area (Å²) in [7, 11) is 0. The summed E-state index contributed by atoms with van der Waals surface area (Å²) in [6.45, 7) is 7.26. The molecule has 5 nitrogen and oxygen atoms in total. The number of amides is 2. The van der Waals surface area contributed by atoms with Gasteiger partial charge in [0.05, 0.1) is 16.8 Å². The Balaban J connectivity index is 1.51. The van der Waals surface area contributed by atoms with Crippen molar-refractivity contribution >= 4 is 33.4 Å². The van der Waals surface area contributed by atoms with Crippen molar-refractivity contribution in [3.63, 3.8) is 0 Å². The molecule has 0 saturated heterocycles. The van der Waals surface area contributed by atoms with Crippen LogP contribution in [0.4, 0.5) is 0 Å². The molecule has 0 bridgehead atoms. The van der Waals surface area contributed by atoms with Gasteiger partial charge in [-0.2, -0.15) is 0 Å². The number of hydrogen-bond donors (Lipinski definition) is 1. The maximum Gasteiger partial charge on any atom is 0.271 e. The highest BCUT2D eigenvalue weighted by atomic mass is 32.1. The van der Waals surface area contributed by atoms with Gasteiger partial charge in [0.2, 0.25) is 5.91 Å². The van der Waals surface area contributed by atoms with Crippen molar-refractivity contribution in [2.75, 3.05) is 6.54 Å². The topological polar surface area (TPSA) is 54.3 Å². The summed E-state index contributed by atoms with van der Waals surface area (Å²) in [6.07, 6.45) is 7.83. The van der Waals surface area contributed by atoms with Gasteiger partial charge >= 0.3 is 0 Å². The molecule has 3 heterocycles. The number of carbonyl (C=O) groups is 2. The summed E-state index contributed by atoms with van der Waals surface area (Å²) in [5.41, 5.74) is 2.02. The molecule has 1 aliphatic carbocycles. The lowest BCUT2D eigenvalue weighted by atomic mass is 9.91. The Labute approximate surface area is 212 Å². The fourth-order valence-electron chi connectivity index (χ4n) is 5.77. The van der Waals surface area contributed by atoms with Gasteiger partial charge in [0, 0.05) is 17.5 Å². The number of rotatable bonds is 6. The van der Waals surface area contributed by atoms with Gasteiger partial charge in [-0.05, 0) is 49.8 Å². The van der Waals surface area contributed by atoms with E-state index < -0.39 is 5.54 Å². The van der Waals surface area contributed by atoms with Gasteiger partial charge in [0.25, 0.3) is 5.91 Å². The Morgan fingerprint density at radius 1 is 1.14 bits per heavy atom. The SMILES string of the molecule is CCc1cc2c(cc3n2C[C@](C)(C(=O)NC2CCCCCC2)N(C[C@@H](C)c2ccccc2)C3=O)s1. The van der Waals surface area contributed by atoms with E-state index in [-0.39, 0.29) is 23.8 Å². The molecule has 0 unspecified atom stereocenters. The zero-order chi connectivity index (χ0) is 24.6. The first-order valence-electron chi connectivity index (χ1n) is 13.2. The molecule has 1 fully saturated rings. The van der Waals surface area contributed by atoms with Crippen LogP contribution in [0.1, 0.15) is 86.1 Å². The van der Waals surface area contributed by atoms with Crippen LogP contribution in [0.2, 0.25) is 0 Å². The van der Waals surface area contributed by atoms with Gasteiger partial charge in [-0.25, -0.2) is 0 Å². The minimum atomic E-state index is -0.945. The lowest BCUT2D eigenvalue weighted by molar-refractivity contribution is -0.133. The molecule has 5 rings (SSSR count). The van der Waals surface area contributed by atoms with E-state index in [4.69, 9.17) is 0 Å². The van der Waals surface area contributed by atoms with Crippen LogP contribution in [0.3, 0.4) is 0 Å². The molecule has 2 aromatic heterocycles. The molecule has 1 aromatic carbocycles. The van der Waals surface area contributed by atoms with E-state index in [1.165, 1.54) is 23.3 Å². The van der Waals surface area contributed by atoms with Crippen molar-refractivity contribution in [1.82, 2.24) is 14.8 Å². The quantitative estimate of drug-likeness (QED) is 0.422. The number of hydrogen-bond acceptors (Lipinski definition) is 3. The molecule has 1 aliphatic heterocycles. The van der Waals surface area contributed by atoms with E-state index >= 15 is 0 Å². The van der Waals surface area contributed by atoms with Gasteiger partial charge in [-0.1, -0.05) is 69.9 Å². The number of aromatic nitrogens is 1. The first kappa shape index (κ1) is 24.1. The third-order valence-electron chi connectivity index (χ3n) is 8.02. The standard InChI is InChI=1S/C29H37N3O2S/c1-4-23-16-24-26(35-23)17-25-27(33)32(18-20(2)21-12-8-7-9-13-21)29(3,19-31(24)25)28(34)30-22-14-10-5-6-11-15-22/h7-9,12-13,16-17,20,22H,4-6,10-11,14-15,18-19H2,1-3H3,(H,30,34)/t20-,29-/m1/s1.